The van der Waals surface area contributed by atoms with E-state index < -0.39 is 5.41 Å². The van der Waals surface area contributed by atoms with Gasteiger partial charge in [-0.3, -0.25) is 0 Å². The molecule has 13 rings (SSSR count). The van der Waals surface area contributed by atoms with Crippen molar-refractivity contribution in [3.8, 4) is 39.1 Å². The molecule has 0 N–H and O–H groups in total. The number of hydrogen-bond acceptors (Lipinski definition) is 1. The van der Waals surface area contributed by atoms with Crippen LogP contribution in [-0.2, 0) is 5.41 Å². The molecule has 1 aromatic heterocycles. The third-order valence-electron chi connectivity index (χ3n) is 14.1. The van der Waals surface area contributed by atoms with E-state index in [2.05, 4.69) is 276 Å². The van der Waals surface area contributed by atoms with Crippen molar-refractivity contribution in [1.29, 1.82) is 0 Å². The van der Waals surface area contributed by atoms with Crippen molar-refractivity contribution in [2.75, 3.05) is 4.90 Å². The van der Waals surface area contributed by atoms with E-state index in [4.69, 9.17) is 0 Å². The zero-order chi connectivity index (χ0) is 44.3. The first-order chi connectivity index (χ1) is 33.2. The molecule has 2 nitrogen and oxygen atoms in total. The number of fused-ring (bicyclic) bond motifs is 7. The third kappa shape index (κ3) is 6.18. The van der Waals surface area contributed by atoms with E-state index in [1.807, 2.05) is 0 Å². The standard InChI is InChI=1S/C65H44N2/c1-2-20-49(21-3-1)65(61-31-10-6-26-57(61)58-27-7-11-32-62(58)65)50-22-16-24-54(44-50)66(52-41-37-47(38-42-52)56-30-15-18-46-17-4-5-25-55(46)56)51-39-35-45(36-40-51)48-19-14-23-53(43-48)67-63-33-12-8-28-59(63)60-29-9-13-34-64(60)67/h1-44H. The highest BCUT2D eigenvalue weighted by molar-refractivity contribution is 6.09. The van der Waals surface area contributed by atoms with Gasteiger partial charge >= 0.3 is 0 Å². The molecule has 0 bridgehead atoms. The summed E-state index contributed by atoms with van der Waals surface area (Å²) in [6.45, 7) is 0. The number of benzene rings is 11. The summed E-state index contributed by atoms with van der Waals surface area (Å²) < 4.78 is 2.39. The van der Waals surface area contributed by atoms with Crippen LogP contribution in [0.5, 0.6) is 0 Å². The van der Waals surface area contributed by atoms with Crippen LogP contribution in [-0.4, -0.2) is 4.57 Å². The molecular formula is C65H44N2. The Labute approximate surface area is 390 Å². The van der Waals surface area contributed by atoms with Crippen molar-refractivity contribution in [2.45, 2.75) is 5.41 Å². The lowest BCUT2D eigenvalue weighted by atomic mass is 9.67. The summed E-state index contributed by atoms with van der Waals surface area (Å²) in [5, 5.41) is 5.02. The smallest absolute Gasteiger partial charge is 0.0714 e. The Morgan fingerprint density at radius 3 is 1.49 bits per heavy atom. The number of para-hydroxylation sites is 2. The molecule has 12 aromatic rings. The molecular weight excluding hydrogens is 809 g/mol. The molecule has 0 spiro atoms. The largest absolute Gasteiger partial charge is 0.310 e. The second-order valence-corrected chi connectivity index (χ2v) is 17.6. The van der Waals surface area contributed by atoms with Gasteiger partial charge in [-0.2, -0.15) is 0 Å². The summed E-state index contributed by atoms with van der Waals surface area (Å²) in [7, 11) is 0. The molecule has 1 aliphatic rings. The molecule has 2 heteroatoms. The van der Waals surface area contributed by atoms with Gasteiger partial charge in [0, 0.05) is 33.5 Å². The van der Waals surface area contributed by atoms with E-state index in [1.54, 1.807) is 0 Å². The van der Waals surface area contributed by atoms with Gasteiger partial charge in [-0.05, 0) is 127 Å². The average Bonchev–Trinajstić information content (AvgIpc) is 3.91. The Bertz CT molecular complexity index is 3700. The topological polar surface area (TPSA) is 8.17 Å². The lowest BCUT2D eigenvalue weighted by Gasteiger charge is -2.35. The number of rotatable bonds is 8. The maximum atomic E-state index is 2.42. The second kappa shape index (κ2) is 15.8. The molecule has 0 amide bonds. The van der Waals surface area contributed by atoms with Crippen LogP contribution < -0.4 is 4.90 Å². The van der Waals surface area contributed by atoms with Gasteiger partial charge in [0.1, 0.15) is 0 Å². The van der Waals surface area contributed by atoms with E-state index in [1.165, 1.54) is 82.6 Å². The van der Waals surface area contributed by atoms with Gasteiger partial charge in [0.15, 0.2) is 0 Å². The average molecular weight is 853 g/mol. The van der Waals surface area contributed by atoms with Crippen LogP contribution in [0.1, 0.15) is 22.3 Å². The first kappa shape index (κ1) is 38.7. The van der Waals surface area contributed by atoms with E-state index in [0.29, 0.717) is 0 Å². The van der Waals surface area contributed by atoms with Gasteiger partial charge < -0.3 is 9.47 Å². The SMILES string of the molecule is c1ccc(C2(c3cccc(N(c4ccc(-c5cccc(-n6c7ccccc7c7ccccc76)c5)cc4)c4ccc(-c5cccc6ccccc56)cc4)c3)c3ccccc3-c3ccccc32)cc1. The summed E-state index contributed by atoms with van der Waals surface area (Å²) in [5.74, 6) is 0. The fourth-order valence-corrected chi connectivity index (χ4v) is 11.1. The Balaban J connectivity index is 0.956. The lowest BCUT2D eigenvalue weighted by Crippen LogP contribution is -2.28. The Hall–Kier alpha value is -8.72. The zero-order valence-electron chi connectivity index (χ0n) is 36.8. The summed E-state index contributed by atoms with van der Waals surface area (Å²) in [6.07, 6.45) is 0. The Morgan fingerprint density at radius 2 is 0.806 bits per heavy atom. The van der Waals surface area contributed by atoms with Crippen LogP contribution in [0.15, 0.2) is 267 Å². The van der Waals surface area contributed by atoms with E-state index in [0.717, 1.165) is 28.3 Å². The zero-order valence-corrected chi connectivity index (χ0v) is 36.8. The van der Waals surface area contributed by atoms with Crippen LogP contribution in [0.3, 0.4) is 0 Å². The van der Waals surface area contributed by atoms with Crippen LogP contribution in [0.25, 0.3) is 71.6 Å². The first-order valence-corrected chi connectivity index (χ1v) is 23.2. The number of anilines is 3. The normalized spacial score (nSPS) is 12.6. The Kier molecular flexibility index (Phi) is 9.11. The van der Waals surface area contributed by atoms with Crippen LogP contribution >= 0.6 is 0 Å². The molecule has 11 aromatic carbocycles. The fourth-order valence-electron chi connectivity index (χ4n) is 11.1. The first-order valence-electron chi connectivity index (χ1n) is 23.2. The molecule has 0 atom stereocenters. The lowest BCUT2D eigenvalue weighted by molar-refractivity contribution is 0.768. The van der Waals surface area contributed by atoms with E-state index in [9.17, 15) is 0 Å². The molecule has 1 heterocycles. The number of hydrogen-bond donors (Lipinski definition) is 0. The van der Waals surface area contributed by atoms with Gasteiger partial charge in [-0.15, -0.1) is 0 Å². The van der Waals surface area contributed by atoms with Crippen LogP contribution in [0, 0.1) is 0 Å². The maximum Gasteiger partial charge on any atom is 0.0714 e. The highest BCUT2D eigenvalue weighted by Gasteiger charge is 2.46. The molecule has 1 aliphatic carbocycles. The van der Waals surface area contributed by atoms with Crippen molar-refractivity contribution in [1.82, 2.24) is 4.57 Å². The van der Waals surface area contributed by atoms with Gasteiger partial charge in [-0.1, -0.05) is 206 Å². The number of aromatic nitrogens is 1. The number of nitrogens with zero attached hydrogens (tertiary/aromatic N) is 2. The van der Waals surface area contributed by atoms with Gasteiger partial charge in [0.25, 0.3) is 0 Å². The minimum absolute atomic E-state index is 0.514. The second-order valence-electron chi connectivity index (χ2n) is 17.6. The minimum atomic E-state index is -0.514. The van der Waals surface area contributed by atoms with Crippen molar-refractivity contribution in [3.63, 3.8) is 0 Å². The molecule has 314 valence electrons. The van der Waals surface area contributed by atoms with Crippen molar-refractivity contribution >= 4 is 49.6 Å². The van der Waals surface area contributed by atoms with Gasteiger partial charge in [0.05, 0.1) is 16.4 Å². The quantitative estimate of drug-likeness (QED) is 0.148. The molecule has 0 aliphatic heterocycles. The van der Waals surface area contributed by atoms with Crippen LogP contribution in [0.4, 0.5) is 17.1 Å². The molecule has 0 fully saturated rings. The highest BCUT2D eigenvalue weighted by atomic mass is 15.1. The monoisotopic (exact) mass is 852 g/mol. The molecule has 0 unspecified atom stereocenters. The predicted octanol–water partition coefficient (Wildman–Crippen LogP) is 17.1. The maximum absolute atomic E-state index is 2.42. The highest BCUT2D eigenvalue weighted by Crippen LogP contribution is 2.56. The fraction of sp³-hybridized carbons (Fsp3) is 0.0154. The predicted molar refractivity (Wildman–Crippen MR) is 281 cm³/mol. The Morgan fingerprint density at radius 1 is 0.299 bits per heavy atom. The van der Waals surface area contributed by atoms with E-state index >= 15 is 0 Å². The summed E-state index contributed by atoms with van der Waals surface area (Å²) in [5.41, 5.74) is 18.7. The van der Waals surface area contributed by atoms with Crippen molar-refractivity contribution in [2.24, 2.45) is 0 Å². The molecule has 0 saturated carbocycles. The van der Waals surface area contributed by atoms with Gasteiger partial charge in [-0.25, -0.2) is 0 Å². The van der Waals surface area contributed by atoms with Crippen LogP contribution in [0.2, 0.25) is 0 Å². The van der Waals surface area contributed by atoms with E-state index in [-0.39, 0.29) is 0 Å². The minimum Gasteiger partial charge on any atom is -0.310 e. The molecule has 67 heavy (non-hydrogen) atoms. The molecule has 0 radical (unpaired) electrons. The summed E-state index contributed by atoms with van der Waals surface area (Å²) >= 11 is 0. The van der Waals surface area contributed by atoms with Gasteiger partial charge in [0.2, 0.25) is 0 Å². The van der Waals surface area contributed by atoms with Crippen molar-refractivity contribution < 1.29 is 0 Å². The van der Waals surface area contributed by atoms with Crippen molar-refractivity contribution in [3.05, 3.63) is 289 Å². The molecule has 0 saturated heterocycles. The summed E-state index contributed by atoms with van der Waals surface area (Å²) in [4.78, 5) is 2.42. The third-order valence-corrected chi connectivity index (χ3v) is 14.1. The summed E-state index contributed by atoms with van der Waals surface area (Å²) in [6, 6.07) is 98.0.